The number of carbonyl (C=O) groups is 1. The van der Waals surface area contributed by atoms with E-state index in [0.29, 0.717) is 44.3 Å². The molecular weight excluding hydrogens is 1330 g/mol. The number of H-pyrrole nitrogens is 1. The summed E-state index contributed by atoms with van der Waals surface area (Å²) in [7, 11) is -4.96. The zero-order valence-electron chi connectivity index (χ0n) is 39.7. The van der Waals surface area contributed by atoms with E-state index in [-0.39, 0.29) is 31.3 Å². The van der Waals surface area contributed by atoms with Crippen LogP contribution >= 0.6 is 83.8 Å². The minimum atomic E-state index is -4.46. The van der Waals surface area contributed by atoms with E-state index in [4.69, 9.17) is 9.47 Å². The van der Waals surface area contributed by atoms with Crippen molar-refractivity contribution in [3.63, 3.8) is 0 Å². The fraction of sp³-hybridized carbons (Fsp3) is 0.109. The third-order valence-electron chi connectivity index (χ3n) is 12.6. The number of aryl methyl sites for hydroxylation is 1. The molecule has 0 fully saturated rings. The number of carbonyl (C=O) groups excluding carboxylic acids is 1. The van der Waals surface area contributed by atoms with Crippen molar-refractivity contribution in [2.24, 2.45) is 0 Å². The maximum absolute atomic E-state index is 15.3. The zero-order valence-corrected chi connectivity index (χ0v) is 48.9. The van der Waals surface area contributed by atoms with Gasteiger partial charge < -0.3 is 19.4 Å². The lowest BCUT2D eigenvalue weighted by molar-refractivity contribution is 0.00905. The quantitative estimate of drug-likeness (QED) is 0.124. The number of sulfonamides is 2. The van der Waals surface area contributed by atoms with Gasteiger partial charge in [0.1, 0.15) is 11.5 Å². The number of nitrogens with one attached hydrogen (secondary N) is 1. The molecule has 0 unspecified atom stereocenters. The molecular formula is C55H41BrF2I2N4O7S4. The molecule has 75 heavy (non-hydrogen) atoms. The highest BCUT2D eigenvalue weighted by atomic mass is 127. The number of anilines is 3. The molecule has 0 saturated carbocycles. The number of aromatic amines is 1. The van der Waals surface area contributed by atoms with Gasteiger partial charge in [0.2, 0.25) is 0 Å². The molecule has 0 aliphatic carbocycles. The van der Waals surface area contributed by atoms with E-state index in [2.05, 4.69) is 90.4 Å². The summed E-state index contributed by atoms with van der Waals surface area (Å²) >= 11 is 10.7. The number of amides is 1. The third-order valence-corrected chi connectivity index (χ3v) is 20.3. The first-order valence-electron chi connectivity index (χ1n) is 22.8. The van der Waals surface area contributed by atoms with Crippen LogP contribution in [0.25, 0.3) is 32.1 Å². The van der Waals surface area contributed by atoms with Crippen LogP contribution in [0.2, 0.25) is 0 Å². The van der Waals surface area contributed by atoms with Gasteiger partial charge >= 0.3 is 6.05 Å². The van der Waals surface area contributed by atoms with Crippen LogP contribution in [0.1, 0.15) is 32.6 Å². The van der Waals surface area contributed by atoms with Gasteiger partial charge in [0.25, 0.3) is 26.0 Å². The van der Waals surface area contributed by atoms with Crippen molar-refractivity contribution in [3.8, 4) is 43.6 Å². The third kappa shape index (κ3) is 10.0. The Kier molecular flexibility index (Phi) is 14.8. The average Bonchev–Trinajstić information content (AvgIpc) is 4.18. The lowest BCUT2D eigenvalue weighted by atomic mass is 9.99. The Morgan fingerprint density at radius 3 is 1.84 bits per heavy atom. The van der Waals surface area contributed by atoms with Gasteiger partial charge in [-0.15, -0.1) is 22.7 Å². The zero-order chi connectivity index (χ0) is 53.0. The monoisotopic (exact) mass is 1370 g/mol. The Hall–Kier alpha value is -5.63. The predicted molar refractivity (Wildman–Crippen MR) is 313 cm³/mol. The second-order valence-electron chi connectivity index (χ2n) is 17.2. The summed E-state index contributed by atoms with van der Waals surface area (Å²) < 4.78 is 98.1. The number of halogens is 5. The fourth-order valence-corrected chi connectivity index (χ4v) is 16.1. The topological polar surface area (TPSA) is 129 Å². The average molecular weight is 1370 g/mol. The predicted octanol–water partition coefficient (Wildman–Crippen LogP) is 14.9. The molecule has 3 aromatic heterocycles. The Morgan fingerprint density at radius 1 is 0.640 bits per heavy atom. The molecule has 11 nitrogen and oxygen atoms in total. The number of hydrogen-bond donors (Lipinski definition) is 1. The van der Waals surface area contributed by atoms with Gasteiger partial charge in [-0.1, -0.05) is 90.5 Å². The number of fused-ring (bicyclic) bond motifs is 9. The maximum Gasteiger partial charge on any atom is 0.366 e. The van der Waals surface area contributed by atoms with Gasteiger partial charge in [-0.25, -0.2) is 16.8 Å². The molecule has 3 aliphatic rings. The minimum Gasteiger partial charge on any atom is -0.497 e. The van der Waals surface area contributed by atoms with E-state index < -0.39 is 26.1 Å². The van der Waals surface area contributed by atoms with Crippen LogP contribution in [0.4, 0.5) is 25.8 Å². The number of nitrogens with zero attached hydrogens (tertiary/aromatic N) is 3. The highest BCUT2D eigenvalue weighted by molar-refractivity contribution is 14.1. The van der Waals surface area contributed by atoms with Gasteiger partial charge in [-0.05, 0) is 164 Å². The van der Waals surface area contributed by atoms with Crippen molar-refractivity contribution in [3.05, 3.63) is 202 Å². The first-order chi connectivity index (χ1) is 35.9. The highest BCUT2D eigenvalue weighted by Crippen LogP contribution is 2.55. The number of methoxy groups -OCH3 is 2. The Balaban J connectivity index is 0.000000128. The molecule has 0 radical (unpaired) electrons. The van der Waals surface area contributed by atoms with Crippen LogP contribution in [-0.2, 0) is 39.2 Å². The molecule has 382 valence electrons. The summed E-state index contributed by atoms with van der Waals surface area (Å²) in [6, 6.07) is 43.5. The summed E-state index contributed by atoms with van der Waals surface area (Å²) in [6.07, 6.45) is 0. The second-order valence-corrected chi connectivity index (χ2v) is 27.4. The van der Waals surface area contributed by atoms with Crippen molar-refractivity contribution in [1.82, 2.24) is 4.98 Å². The molecule has 20 heteroatoms. The smallest absolute Gasteiger partial charge is 0.366 e. The maximum atomic E-state index is 15.3. The molecule has 0 saturated heterocycles. The fourth-order valence-electron chi connectivity index (χ4n) is 8.99. The first kappa shape index (κ1) is 52.8. The highest BCUT2D eigenvalue weighted by Gasteiger charge is 2.53. The van der Waals surface area contributed by atoms with Gasteiger partial charge in [0, 0.05) is 16.7 Å². The van der Waals surface area contributed by atoms with Crippen LogP contribution in [0.5, 0.6) is 11.5 Å². The number of thiophene rings is 2. The molecule has 9 aromatic rings. The van der Waals surface area contributed by atoms with Crippen LogP contribution in [-0.4, -0.2) is 41.9 Å². The summed E-state index contributed by atoms with van der Waals surface area (Å²) in [5, 5.41) is 0. The summed E-state index contributed by atoms with van der Waals surface area (Å²) in [4.78, 5) is 20.0. The molecule has 0 bridgehead atoms. The number of benzene rings is 6. The summed E-state index contributed by atoms with van der Waals surface area (Å²) in [6.45, 7) is 2.71. The van der Waals surface area contributed by atoms with Crippen molar-refractivity contribution < 1.29 is 39.9 Å². The number of hydrogen-bond acceptors (Lipinski definition) is 9. The van der Waals surface area contributed by atoms with Gasteiger partial charge in [-0.3, -0.25) is 9.10 Å². The molecule has 6 aromatic carbocycles. The molecule has 0 spiro atoms. The second kappa shape index (κ2) is 21.1. The van der Waals surface area contributed by atoms with Crippen LogP contribution in [0, 0.1) is 13.5 Å². The largest absolute Gasteiger partial charge is 0.497 e. The van der Waals surface area contributed by atoms with E-state index in [0.717, 1.165) is 37.5 Å². The van der Waals surface area contributed by atoms with Crippen LogP contribution in [0.15, 0.2) is 177 Å². The molecule has 0 atom stereocenters. The molecule has 12 rings (SSSR count). The lowest BCUT2D eigenvalue weighted by Crippen LogP contribution is -2.46. The Morgan fingerprint density at radius 2 is 1.19 bits per heavy atom. The molecule has 1 N–H and O–H groups in total. The van der Waals surface area contributed by atoms with Crippen molar-refractivity contribution in [2.45, 2.75) is 35.9 Å². The van der Waals surface area contributed by atoms with E-state index in [1.807, 2.05) is 65.6 Å². The number of ether oxygens (including phenoxy) is 2. The van der Waals surface area contributed by atoms with E-state index in [9.17, 15) is 21.6 Å². The van der Waals surface area contributed by atoms with E-state index >= 15 is 8.78 Å². The van der Waals surface area contributed by atoms with Crippen LogP contribution in [0.3, 0.4) is 0 Å². The van der Waals surface area contributed by atoms with Gasteiger partial charge in [0.15, 0.2) is 0 Å². The number of aromatic nitrogens is 1. The van der Waals surface area contributed by atoms with Gasteiger partial charge in [0.05, 0.1) is 85.5 Å². The van der Waals surface area contributed by atoms with Gasteiger partial charge in [-0.2, -0.15) is 13.1 Å². The molecule has 1 amide bonds. The molecule has 3 aliphatic heterocycles. The van der Waals surface area contributed by atoms with Crippen molar-refractivity contribution in [1.29, 1.82) is 0 Å². The van der Waals surface area contributed by atoms with Crippen molar-refractivity contribution in [2.75, 3.05) is 27.7 Å². The Bertz CT molecular complexity index is 3870. The minimum absolute atomic E-state index is 0.0163. The summed E-state index contributed by atoms with van der Waals surface area (Å²) in [5.74, 6) is 1.39. The standard InChI is InChI=1S/C19H14INO2S.C18H12BrF2NO2S2.C18H15IN2O3S/c1-23-14-8-6-12(7-9-14)19(22)21-11-13-4-2-3-5-15(13)18-16(21)10-17(20)24-18;1-11-6-8-12(9-7-11)26(23,24)22-15-10-16(19)25-17(15)13-4-2-3-5-14(13)18(22,20)21;1-24-13-6-8-14(9-7-13)25(22,23)21-11-12-4-2-3-5-15(12)18-16(21)10-17(19)20-18/h2-10H,11H2,1H3;2-10H,1H3;2-10,20H,11H2,1H3. The van der Waals surface area contributed by atoms with E-state index in [1.165, 1.54) is 64.9 Å². The van der Waals surface area contributed by atoms with Crippen LogP contribution < -0.4 is 23.0 Å². The number of rotatable bonds is 7. The SMILES string of the molecule is COc1ccc(C(=O)N2Cc3ccccc3-c3sc(I)cc32)cc1.COc1ccc(S(=O)(=O)N2Cc3ccccc3-c3[nH]c(I)cc32)cc1.Cc1ccc(S(=O)(=O)N2c3cc(Br)sc3-c3ccccc3C2(F)F)cc1. The van der Waals surface area contributed by atoms with Crippen molar-refractivity contribution >= 4 is 127 Å². The first-order valence-corrected chi connectivity index (χ1v) is 30.2. The Labute approximate surface area is 476 Å². The lowest BCUT2D eigenvalue weighted by Gasteiger charge is -2.36. The molecule has 6 heterocycles. The normalized spacial score (nSPS) is 13.8. The summed E-state index contributed by atoms with van der Waals surface area (Å²) in [5.41, 5.74) is 8.48. The number of alkyl halides is 2. The van der Waals surface area contributed by atoms with E-state index in [1.54, 1.807) is 81.0 Å².